The van der Waals surface area contributed by atoms with Gasteiger partial charge in [0.15, 0.2) is 5.96 Å². The molecule has 0 aliphatic carbocycles. The number of halogens is 4. The van der Waals surface area contributed by atoms with E-state index in [4.69, 9.17) is 16.3 Å². The Morgan fingerprint density at radius 1 is 1.21 bits per heavy atom. The van der Waals surface area contributed by atoms with Crippen molar-refractivity contribution in [2.24, 2.45) is 4.99 Å². The van der Waals surface area contributed by atoms with Gasteiger partial charge in [0.05, 0.1) is 6.61 Å². The van der Waals surface area contributed by atoms with Crippen LogP contribution in [-0.2, 0) is 13.1 Å². The lowest BCUT2D eigenvalue weighted by Gasteiger charge is -2.15. The molecular formula is C18H22ClF2IN4O2. The largest absolute Gasteiger partial charge is 0.478 e. The van der Waals surface area contributed by atoms with Gasteiger partial charge in [-0.1, -0.05) is 17.7 Å². The number of alkyl halides is 2. The monoisotopic (exact) mass is 526 g/mol. The van der Waals surface area contributed by atoms with Crippen LogP contribution >= 0.6 is 35.6 Å². The number of aliphatic imine (C=N–C) groups is 1. The first-order chi connectivity index (χ1) is 13.0. The minimum absolute atomic E-state index is 0. The van der Waals surface area contributed by atoms with E-state index in [-0.39, 0.29) is 36.3 Å². The average Bonchev–Trinajstić information content (AvgIpc) is 2.65. The maximum Gasteiger partial charge on any atom is 0.387 e. The third-order valence-electron chi connectivity index (χ3n) is 3.49. The van der Waals surface area contributed by atoms with Crippen molar-refractivity contribution >= 4 is 41.5 Å². The Hall–Kier alpha value is -1.88. The molecule has 0 saturated heterocycles. The zero-order valence-corrected chi connectivity index (χ0v) is 18.5. The van der Waals surface area contributed by atoms with E-state index in [1.165, 1.54) is 12.1 Å². The summed E-state index contributed by atoms with van der Waals surface area (Å²) in [6.07, 6.45) is 1.66. The summed E-state index contributed by atoms with van der Waals surface area (Å²) in [5, 5.41) is 6.59. The second-order valence-electron chi connectivity index (χ2n) is 5.31. The van der Waals surface area contributed by atoms with E-state index in [0.717, 1.165) is 5.56 Å². The molecule has 0 saturated carbocycles. The summed E-state index contributed by atoms with van der Waals surface area (Å²) in [6.45, 7) is 0.117. The Morgan fingerprint density at radius 3 is 2.57 bits per heavy atom. The molecule has 2 N–H and O–H groups in total. The number of hydrogen-bond acceptors (Lipinski definition) is 4. The molecule has 2 aromatic rings. The van der Waals surface area contributed by atoms with Gasteiger partial charge < -0.3 is 20.1 Å². The number of nitrogens with one attached hydrogen (secondary N) is 2. The predicted octanol–water partition coefficient (Wildman–Crippen LogP) is 4.22. The lowest BCUT2D eigenvalue weighted by molar-refractivity contribution is -0.0504. The first-order valence-electron chi connectivity index (χ1n) is 8.28. The molecule has 0 atom stereocenters. The molecule has 0 bridgehead atoms. The van der Waals surface area contributed by atoms with Gasteiger partial charge in [-0.25, -0.2) is 4.98 Å². The number of aromatic nitrogens is 1. The fraction of sp³-hybridized carbons (Fsp3) is 0.333. The van der Waals surface area contributed by atoms with E-state index in [1.807, 2.05) is 19.1 Å². The maximum absolute atomic E-state index is 12.5. The van der Waals surface area contributed by atoms with Gasteiger partial charge in [-0.3, -0.25) is 4.99 Å². The fourth-order valence-corrected chi connectivity index (χ4v) is 2.50. The van der Waals surface area contributed by atoms with Crippen molar-refractivity contribution in [1.29, 1.82) is 0 Å². The Kier molecular flexibility index (Phi) is 10.8. The molecule has 1 aromatic carbocycles. The van der Waals surface area contributed by atoms with Crippen LogP contribution in [-0.4, -0.2) is 31.2 Å². The fourth-order valence-electron chi connectivity index (χ4n) is 2.30. The number of benzene rings is 1. The summed E-state index contributed by atoms with van der Waals surface area (Å²) in [5.74, 6) is 1.08. The molecule has 28 heavy (non-hydrogen) atoms. The summed E-state index contributed by atoms with van der Waals surface area (Å²) in [6, 6.07) is 8.17. The zero-order chi connectivity index (χ0) is 19.6. The lowest BCUT2D eigenvalue weighted by atomic mass is 10.2. The maximum atomic E-state index is 12.5. The van der Waals surface area contributed by atoms with E-state index in [9.17, 15) is 8.78 Å². The minimum Gasteiger partial charge on any atom is -0.478 e. The van der Waals surface area contributed by atoms with E-state index < -0.39 is 6.61 Å². The molecule has 0 fully saturated rings. The molecule has 10 heteroatoms. The molecule has 154 valence electrons. The summed E-state index contributed by atoms with van der Waals surface area (Å²) >= 11 is 5.95. The highest BCUT2D eigenvalue weighted by Gasteiger charge is 2.11. The summed E-state index contributed by atoms with van der Waals surface area (Å²) in [7, 11) is 1.61. The van der Waals surface area contributed by atoms with Crippen LogP contribution in [0.5, 0.6) is 11.6 Å². The number of nitrogens with zero attached hydrogens (tertiary/aromatic N) is 2. The smallest absolute Gasteiger partial charge is 0.387 e. The molecule has 0 amide bonds. The third kappa shape index (κ3) is 7.63. The van der Waals surface area contributed by atoms with Gasteiger partial charge in [-0.2, -0.15) is 8.78 Å². The van der Waals surface area contributed by atoms with Crippen molar-refractivity contribution in [3.05, 3.63) is 52.7 Å². The predicted molar refractivity (Wildman–Crippen MR) is 116 cm³/mol. The highest BCUT2D eigenvalue weighted by Crippen LogP contribution is 2.24. The number of rotatable bonds is 8. The van der Waals surface area contributed by atoms with Gasteiger partial charge in [0.25, 0.3) is 0 Å². The van der Waals surface area contributed by atoms with Gasteiger partial charge in [0, 0.05) is 42.5 Å². The normalized spacial score (nSPS) is 11.0. The molecule has 1 heterocycles. The molecule has 0 aliphatic rings. The van der Waals surface area contributed by atoms with Crippen molar-refractivity contribution in [3.63, 3.8) is 0 Å². The molecule has 1 aromatic heterocycles. The number of hydrogen-bond donors (Lipinski definition) is 2. The van der Waals surface area contributed by atoms with Crippen LogP contribution in [0, 0.1) is 0 Å². The zero-order valence-electron chi connectivity index (χ0n) is 15.4. The van der Waals surface area contributed by atoms with Gasteiger partial charge in [0.2, 0.25) is 5.88 Å². The lowest BCUT2D eigenvalue weighted by Crippen LogP contribution is -2.36. The number of ether oxygens (including phenoxy) is 2. The van der Waals surface area contributed by atoms with Crippen molar-refractivity contribution in [1.82, 2.24) is 15.6 Å². The van der Waals surface area contributed by atoms with Crippen LogP contribution < -0.4 is 20.1 Å². The standard InChI is InChI=1S/C18H21ClF2N4O2.HI/c1-3-26-16-12(5-4-8-23-16)10-24-18(22-2)25-11-13-9-14(19)6-7-15(13)27-17(20)21;/h4-9,17H,3,10-11H2,1-2H3,(H2,22,24,25);1H. The summed E-state index contributed by atoms with van der Waals surface area (Å²) in [4.78, 5) is 8.31. The molecule has 0 radical (unpaired) electrons. The summed E-state index contributed by atoms with van der Waals surface area (Å²) < 4.78 is 35.1. The van der Waals surface area contributed by atoms with Crippen molar-refractivity contribution in [2.75, 3.05) is 13.7 Å². The van der Waals surface area contributed by atoms with Crippen LogP contribution in [0.15, 0.2) is 41.5 Å². The molecular weight excluding hydrogens is 505 g/mol. The highest BCUT2D eigenvalue weighted by molar-refractivity contribution is 14.0. The van der Waals surface area contributed by atoms with Crippen molar-refractivity contribution in [2.45, 2.75) is 26.6 Å². The summed E-state index contributed by atoms with van der Waals surface area (Å²) in [5.41, 5.74) is 1.36. The highest BCUT2D eigenvalue weighted by atomic mass is 127. The second-order valence-corrected chi connectivity index (χ2v) is 5.75. The van der Waals surface area contributed by atoms with Crippen LogP contribution in [0.2, 0.25) is 5.02 Å². The Morgan fingerprint density at radius 2 is 1.93 bits per heavy atom. The average molecular weight is 527 g/mol. The molecule has 0 spiro atoms. The molecule has 0 unspecified atom stereocenters. The van der Waals surface area contributed by atoms with Crippen LogP contribution in [0.1, 0.15) is 18.1 Å². The van der Waals surface area contributed by atoms with E-state index >= 15 is 0 Å². The van der Waals surface area contributed by atoms with E-state index in [0.29, 0.717) is 35.6 Å². The Labute approximate surface area is 184 Å². The topological polar surface area (TPSA) is 67.8 Å². The number of pyridine rings is 1. The van der Waals surface area contributed by atoms with Crippen LogP contribution in [0.4, 0.5) is 8.78 Å². The molecule has 2 rings (SSSR count). The first-order valence-corrected chi connectivity index (χ1v) is 8.65. The van der Waals surface area contributed by atoms with Crippen LogP contribution in [0.25, 0.3) is 0 Å². The molecule has 6 nitrogen and oxygen atoms in total. The van der Waals surface area contributed by atoms with E-state index in [1.54, 1.807) is 19.3 Å². The minimum atomic E-state index is -2.91. The van der Waals surface area contributed by atoms with Gasteiger partial charge in [-0.05, 0) is 31.2 Å². The van der Waals surface area contributed by atoms with Crippen molar-refractivity contribution in [3.8, 4) is 11.6 Å². The van der Waals surface area contributed by atoms with Gasteiger partial charge >= 0.3 is 6.61 Å². The van der Waals surface area contributed by atoms with Gasteiger partial charge in [-0.15, -0.1) is 24.0 Å². The van der Waals surface area contributed by atoms with Crippen LogP contribution in [0.3, 0.4) is 0 Å². The Bertz CT molecular complexity index is 781. The quantitative estimate of drug-likeness (QED) is 0.306. The SMILES string of the molecule is CCOc1ncccc1CNC(=NC)NCc1cc(Cl)ccc1OC(F)F.I. The van der Waals surface area contributed by atoms with Crippen molar-refractivity contribution < 1.29 is 18.3 Å². The first kappa shape index (κ1) is 24.2. The second kappa shape index (κ2) is 12.6. The van der Waals surface area contributed by atoms with Gasteiger partial charge in [0.1, 0.15) is 5.75 Å². The third-order valence-corrected chi connectivity index (χ3v) is 3.72. The number of guanidine groups is 1. The van der Waals surface area contributed by atoms with E-state index in [2.05, 4.69) is 25.3 Å². The Balaban J connectivity index is 0.00000392. The molecule has 0 aliphatic heterocycles.